The molecule has 0 radical (unpaired) electrons. The summed E-state index contributed by atoms with van der Waals surface area (Å²) in [6.45, 7) is 1.48. The normalized spacial score (nSPS) is 15.3. The minimum absolute atomic E-state index is 0.0841. The van der Waals surface area contributed by atoms with Gasteiger partial charge in [0, 0.05) is 11.6 Å². The van der Waals surface area contributed by atoms with E-state index in [1.165, 1.54) is 23.6 Å². The molecule has 1 aliphatic heterocycles. The first-order valence-corrected chi connectivity index (χ1v) is 10.8. The molecular formula is C22H13Cl2NO3S2. The molecule has 3 aromatic rings. The number of amides is 1. The number of anilines is 1. The third-order valence-corrected chi connectivity index (χ3v) is 6.35. The van der Waals surface area contributed by atoms with Crippen LogP contribution < -0.4 is 4.90 Å². The Morgan fingerprint density at radius 2 is 1.80 bits per heavy atom. The Hall–Kier alpha value is -2.38. The molecule has 0 saturated carbocycles. The van der Waals surface area contributed by atoms with E-state index >= 15 is 0 Å². The van der Waals surface area contributed by atoms with Crippen LogP contribution in [0.5, 0.6) is 0 Å². The van der Waals surface area contributed by atoms with Crippen LogP contribution in [-0.4, -0.2) is 16.0 Å². The van der Waals surface area contributed by atoms with Gasteiger partial charge < -0.3 is 4.42 Å². The molecule has 0 spiro atoms. The molecule has 0 unspecified atom stereocenters. The van der Waals surface area contributed by atoms with Crippen molar-refractivity contribution in [2.45, 2.75) is 6.92 Å². The van der Waals surface area contributed by atoms with Crippen LogP contribution in [0.1, 0.15) is 23.0 Å². The van der Waals surface area contributed by atoms with Gasteiger partial charge in [-0.3, -0.25) is 14.5 Å². The van der Waals surface area contributed by atoms with Gasteiger partial charge in [-0.2, -0.15) is 0 Å². The molecule has 30 heavy (non-hydrogen) atoms. The molecule has 4 nitrogen and oxygen atoms in total. The number of carbonyl (C=O) groups is 2. The van der Waals surface area contributed by atoms with Crippen molar-refractivity contribution in [3.05, 3.63) is 80.9 Å². The molecule has 150 valence electrons. The van der Waals surface area contributed by atoms with Crippen molar-refractivity contribution >= 4 is 75.0 Å². The second-order valence-corrected chi connectivity index (χ2v) is 8.91. The standard InChI is InChI=1S/C22H13Cl2NO3S2/c1-12(26)13-4-2-5-14(10-13)25-21(27)19(30-22(25)29)11-15-8-9-18(28-15)20-16(23)6-3-7-17(20)24/h2-11H,1H3/b19-11+. The van der Waals surface area contributed by atoms with E-state index in [1.54, 1.807) is 60.7 Å². The zero-order valence-electron chi connectivity index (χ0n) is 15.5. The molecule has 1 aromatic heterocycles. The quantitative estimate of drug-likeness (QED) is 0.235. The minimum Gasteiger partial charge on any atom is -0.457 e. The lowest BCUT2D eigenvalue weighted by molar-refractivity contribution is -0.113. The number of ketones is 1. The summed E-state index contributed by atoms with van der Waals surface area (Å²) < 4.78 is 6.23. The lowest BCUT2D eigenvalue weighted by atomic mass is 10.1. The van der Waals surface area contributed by atoms with Crippen molar-refractivity contribution < 1.29 is 14.0 Å². The highest BCUT2D eigenvalue weighted by Gasteiger charge is 2.33. The van der Waals surface area contributed by atoms with Crippen LogP contribution in [0.25, 0.3) is 17.4 Å². The predicted molar refractivity (Wildman–Crippen MR) is 126 cm³/mol. The van der Waals surface area contributed by atoms with Gasteiger partial charge >= 0.3 is 0 Å². The van der Waals surface area contributed by atoms with Gasteiger partial charge in [0.2, 0.25) is 0 Å². The number of benzene rings is 2. The molecule has 2 aromatic carbocycles. The summed E-state index contributed by atoms with van der Waals surface area (Å²) in [5, 5.41) is 0.945. The van der Waals surface area contributed by atoms with E-state index in [1.807, 2.05) is 0 Å². The Balaban J connectivity index is 1.64. The van der Waals surface area contributed by atoms with E-state index < -0.39 is 0 Å². The van der Waals surface area contributed by atoms with Gasteiger partial charge in [-0.25, -0.2) is 0 Å². The largest absolute Gasteiger partial charge is 0.457 e. The Morgan fingerprint density at radius 3 is 2.50 bits per heavy atom. The maximum Gasteiger partial charge on any atom is 0.270 e. The van der Waals surface area contributed by atoms with E-state index in [-0.39, 0.29) is 11.7 Å². The summed E-state index contributed by atoms with van der Waals surface area (Å²) >= 11 is 19.0. The molecule has 0 bridgehead atoms. The maximum atomic E-state index is 13.0. The third kappa shape index (κ3) is 3.96. The van der Waals surface area contributed by atoms with Gasteiger partial charge in [0.1, 0.15) is 11.5 Å². The van der Waals surface area contributed by atoms with Crippen LogP contribution in [0.2, 0.25) is 10.0 Å². The average Bonchev–Trinajstić information content (AvgIpc) is 3.26. The summed E-state index contributed by atoms with van der Waals surface area (Å²) in [7, 11) is 0. The Bertz CT molecular complexity index is 1210. The fourth-order valence-corrected chi connectivity index (χ4v) is 4.84. The van der Waals surface area contributed by atoms with Crippen molar-refractivity contribution in [3.8, 4) is 11.3 Å². The van der Waals surface area contributed by atoms with Gasteiger partial charge in [-0.15, -0.1) is 0 Å². The maximum absolute atomic E-state index is 13.0. The summed E-state index contributed by atoms with van der Waals surface area (Å²) in [5.41, 5.74) is 1.66. The molecule has 8 heteroatoms. The highest BCUT2D eigenvalue weighted by Crippen LogP contribution is 2.39. The van der Waals surface area contributed by atoms with Crippen LogP contribution in [0, 0.1) is 0 Å². The molecule has 4 rings (SSSR count). The molecule has 0 aliphatic carbocycles. The molecule has 0 atom stereocenters. The fraction of sp³-hybridized carbons (Fsp3) is 0.0455. The smallest absolute Gasteiger partial charge is 0.270 e. The lowest BCUT2D eigenvalue weighted by Gasteiger charge is -2.15. The highest BCUT2D eigenvalue weighted by atomic mass is 35.5. The van der Waals surface area contributed by atoms with Gasteiger partial charge in [0.25, 0.3) is 5.91 Å². The topological polar surface area (TPSA) is 50.5 Å². The average molecular weight is 474 g/mol. The predicted octanol–water partition coefficient (Wildman–Crippen LogP) is 6.86. The number of halogens is 2. The second-order valence-electron chi connectivity index (χ2n) is 6.42. The van der Waals surface area contributed by atoms with Crippen molar-refractivity contribution in [2.24, 2.45) is 0 Å². The zero-order chi connectivity index (χ0) is 21.4. The first-order chi connectivity index (χ1) is 14.3. The van der Waals surface area contributed by atoms with Crippen molar-refractivity contribution in [1.29, 1.82) is 0 Å². The summed E-state index contributed by atoms with van der Waals surface area (Å²) in [4.78, 5) is 26.5. The van der Waals surface area contributed by atoms with E-state index in [4.69, 9.17) is 39.8 Å². The molecule has 1 aliphatic rings. The van der Waals surface area contributed by atoms with E-state index in [2.05, 4.69) is 0 Å². The third-order valence-electron chi connectivity index (χ3n) is 4.41. The summed E-state index contributed by atoms with van der Waals surface area (Å²) in [5.74, 6) is 0.610. The van der Waals surface area contributed by atoms with Crippen LogP contribution in [0.4, 0.5) is 5.69 Å². The summed E-state index contributed by atoms with van der Waals surface area (Å²) in [6.07, 6.45) is 1.63. The molecule has 1 amide bonds. The van der Waals surface area contributed by atoms with Crippen LogP contribution >= 0.6 is 47.2 Å². The Kier molecular flexibility index (Phi) is 5.84. The summed E-state index contributed by atoms with van der Waals surface area (Å²) in [6, 6.07) is 15.5. The lowest BCUT2D eigenvalue weighted by Crippen LogP contribution is -2.27. The Morgan fingerprint density at radius 1 is 1.10 bits per heavy atom. The zero-order valence-corrected chi connectivity index (χ0v) is 18.7. The molecule has 0 N–H and O–H groups in total. The number of furan rings is 1. The van der Waals surface area contributed by atoms with Gasteiger partial charge in [-0.1, -0.05) is 65.4 Å². The van der Waals surface area contributed by atoms with Crippen molar-refractivity contribution in [3.63, 3.8) is 0 Å². The monoisotopic (exact) mass is 473 g/mol. The Labute approximate surface area is 192 Å². The molecule has 1 saturated heterocycles. The van der Waals surface area contributed by atoms with Gasteiger partial charge in [0.15, 0.2) is 10.1 Å². The van der Waals surface area contributed by atoms with Crippen LogP contribution in [-0.2, 0) is 4.79 Å². The number of thioether (sulfide) groups is 1. The number of hydrogen-bond donors (Lipinski definition) is 0. The number of thiocarbonyl (C=S) groups is 1. The molecule has 1 fully saturated rings. The first-order valence-electron chi connectivity index (χ1n) is 8.78. The highest BCUT2D eigenvalue weighted by molar-refractivity contribution is 8.27. The van der Waals surface area contributed by atoms with Crippen molar-refractivity contribution in [1.82, 2.24) is 0 Å². The first kappa shape index (κ1) is 20.9. The second kappa shape index (κ2) is 8.40. The van der Waals surface area contributed by atoms with Crippen molar-refractivity contribution in [2.75, 3.05) is 4.90 Å². The van der Waals surface area contributed by atoms with Crippen LogP contribution in [0.3, 0.4) is 0 Å². The van der Waals surface area contributed by atoms with E-state index in [9.17, 15) is 9.59 Å². The van der Waals surface area contributed by atoms with E-state index in [0.717, 1.165) is 0 Å². The van der Waals surface area contributed by atoms with Gasteiger partial charge in [-0.05, 0) is 43.3 Å². The van der Waals surface area contributed by atoms with Gasteiger partial charge in [0.05, 0.1) is 26.2 Å². The number of hydrogen-bond acceptors (Lipinski definition) is 5. The van der Waals surface area contributed by atoms with E-state index in [0.29, 0.717) is 47.6 Å². The fourth-order valence-electron chi connectivity index (χ4n) is 2.98. The molecular weight excluding hydrogens is 461 g/mol. The number of Topliss-reactive ketones (excluding diaryl/α,β-unsaturated/α-hetero) is 1. The SMILES string of the molecule is CC(=O)c1cccc(N2C(=O)/C(=C\c3ccc(-c4c(Cl)cccc4Cl)o3)SC2=S)c1. The van der Waals surface area contributed by atoms with Crippen LogP contribution in [0.15, 0.2) is 63.9 Å². The molecule has 2 heterocycles. The number of nitrogens with zero attached hydrogens (tertiary/aromatic N) is 1. The number of carbonyl (C=O) groups excluding carboxylic acids is 2. The minimum atomic E-state index is -0.278. The number of rotatable bonds is 4.